The fraction of sp³-hybridized carbons (Fsp3) is 0.167. The van der Waals surface area contributed by atoms with E-state index in [9.17, 15) is 4.79 Å². The van der Waals surface area contributed by atoms with Gasteiger partial charge in [-0.3, -0.25) is 0 Å². The summed E-state index contributed by atoms with van der Waals surface area (Å²) < 4.78 is 11.4. The Bertz CT molecular complexity index is 913. The number of ether oxygens (including phenoxy) is 2. The van der Waals surface area contributed by atoms with Crippen molar-refractivity contribution in [2.45, 2.75) is 6.92 Å². The van der Waals surface area contributed by atoms with E-state index in [1.165, 1.54) is 13.3 Å². The number of carbonyl (C=O) groups is 1. The second-order valence-electron chi connectivity index (χ2n) is 5.12. The van der Waals surface area contributed by atoms with Crippen molar-refractivity contribution in [3.63, 3.8) is 0 Å². The summed E-state index contributed by atoms with van der Waals surface area (Å²) in [4.78, 5) is 20.8. The van der Waals surface area contributed by atoms with Gasteiger partial charge in [-0.15, -0.1) is 0 Å². The summed E-state index contributed by atoms with van der Waals surface area (Å²) in [5.41, 5.74) is 2.35. The van der Waals surface area contributed by atoms with Crippen molar-refractivity contribution in [3.05, 3.63) is 52.8 Å². The van der Waals surface area contributed by atoms with Gasteiger partial charge in [-0.1, -0.05) is 15.9 Å². The van der Waals surface area contributed by atoms with E-state index in [1.807, 2.05) is 24.3 Å². The van der Waals surface area contributed by atoms with Gasteiger partial charge >= 0.3 is 5.97 Å². The monoisotopic (exact) mass is 401 g/mol. The number of aromatic nitrogens is 2. The van der Waals surface area contributed by atoms with Gasteiger partial charge in [0.2, 0.25) is 5.88 Å². The molecule has 128 valence electrons. The van der Waals surface area contributed by atoms with Gasteiger partial charge in [-0.25, -0.2) is 14.8 Å². The van der Waals surface area contributed by atoms with Crippen LogP contribution >= 0.6 is 15.9 Å². The number of hydrogen-bond acceptors (Lipinski definition) is 6. The van der Waals surface area contributed by atoms with Crippen LogP contribution in [0.5, 0.6) is 5.88 Å². The first-order chi connectivity index (χ1) is 12.1. The Hall–Kier alpha value is -2.67. The van der Waals surface area contributed by atoms with Crippen LogP contribution in [0.4, 0.5) is 11.4 Å². The lowest BCUT2D eigenvalue weighted by molar-refractivity contribution is 0.0527. The number of halogens is 1. The molecular formula is C18H16BrN3O3. The van der Waals surface area contributed by atoms with Gasteiger partial charge in [-0.2, -0.15) is 0 Å². The van der Waals surface area contributed by atoms with Crippen LogP contribution in [0.3, 0.4) is 0 Å². The molecule has 1 aromatic carbocycles. The first kappa shape index (κ1) is 17.2. The molecular weight excluding hydrogens is 386 g/mol. The van der Waals surface area contributed by atoms with Gasteiger partial charge < -0.3 is 14.8 Å². The molecule has 0 bridgehead atoms. The molecule has 7 heteroatoms. The van der Waals surface area contributed by atoms with E-state index in [0.29, 0.717) is 22.6 Å². The first-order valence-corrected chi connectivity index (χ1v) is 8.44. The third kappa shape index (κ3) is 3.56. The topological polar surface area (TPSA) is 73.3 Å². The number of pyridine rings is 2. The van der Waals surface area contributed by atoms with Crippen molar-refractivity contribution in [1.82, 2.24) is 9.97 Å². The zero-order chi connectivity index (χ0) is 17.8. The van der Waals surface area contributed by atoms with Gasteiger partial charge in [0.15, 0.2) is 0 Å². The number of carbonyl (C=O) groups excluding carboxylic acids is 1. The predicted molar refractivity (Wildman–Crippen MR) is 99.5 cm³/mol. The highest BCUT2D eigenvalue weighted by Gasteiger charge is 2.19. The lowest BCUT2D eigenvalue weighted by atomic mass is 10.1. The van der Waals surface area contributed by atoms with Gasteiger partial charge in [0.1, 0.15) is 11.1 Å². The summed E-state index contributed by atoms with van der Waals surface area (Å²) in [6.45, 7) is 2.05. The quantitative estimate of drug-likeness (QED) is 0.641. The largest absolute Gasteiger partial charge is 0.479 e. The molecule has 0 amide bonds. The van der Waals surface area contributed by atoms with Crippen LogP contribution in [-0.2, 0) is 4.74 Å². The minimum absolute atomic E-state index is 0.286. The van der Waals surface area contributed by atoms with Crippen molar-refractivity contribution < 1.29 is 14.3 Å². The normalized spacial score (nSPS) is 10.5. The maximum absolute atomic E-state index is 12.4. The number of nitrogens with one attached hydrogen (secondary N) is 1. The molecule has 0 unspecified atom stereocenters. The van der Waals surface area contributed by atoms with Crippen LogP contribution in [0.2, 0.25) is 0 Å². The molecule has 2 heterocycles. The summed E-state index contributed by atoms with van der Waals surface area (Å²) >= 11 is 3.41. The Balaban J connectivity index is 2.17. The second-order valence-corrected chi connectivity index (χ2v) is 6.03. The maximum atomic E-state index is 12.4. The average molecular weight is 402 g/mol. The number of rotatable bonds is 5. The molecule has 3 aromatic rings. The predicted octanol–water partition coefficient (Wildman–Crippen LogP) is 4.32. The number of nitrogens with zero attached hydrogens (tertiary/aromatic N) is 2. The second kappa shape index (κ2) is 7.48. The van der Waals surface area contributed by atoms with Gasteiger partial charge in [0.05, 0.1) is 19.4 Å². The number of hydrogen-bond donors (Lipinski definition) is 1. The summed E-state index contributed by atoms with van der Waals surface area (Å²) in [6.07, 6.45) is 3.09. The van der Waals surface area contributed by atoms with Gasteiger partial charge in [0.25, 0.3) is 0 Å². The Morgan fingerprint density at radius 1 is 1.20 bits per heavy atom. The average Bonchev–Trinajstić information content (AvgIpc) is 2.63. The van der Waals surface area contributed by atoms with Crippen molar-refractivity contribution in [2.24, 2.45) is 0 Å². The first-order valence-electron chi connectivity index (χ1n) is 7.65. The van der Waals surface area contributed by atoms with E-state index in [4.69, 9.17) is 9.47 Å². The van der Waals surface area contributed by atoms with Crippen LogP contribution in [0.1, 0.15) is 17.3 Å². The molecule has 2 aromatic heterocycles. The molecule has 0 spiro atoms. The van der Waals surface area contributed by atoms with Crippen molar-refractivity contribution in [1.29, 1.82) is 0 Å². The SMILES string of the molecule is CCOC(=O)c1cnc2c(OC)nccc2c1Nc1ccc(Br)cc1. The highest BCUT2D eigenvalue weighted by molar-refractivity contribution is 9.10. The van der Waals surface area contributed by atoms with Gasteiger partial charge in [0, 0.05) is 27.9 Å². The van der Waals surface area contributed by atoms with Crippen LogP contribution in [0.25, 0.3) is 10.9 Å². The molecule has 0 saturated heterocycles. The van der Waals surface area contributed by atoms with E-state index in [1.54, 1.807) is 19.2 Å². The molecule has 0 aliphatic heterocycles. The van der Waals surface area contributed by atoms with Crippen molar-refractivity contribution in [2.75, 3.05) is 19.0 Å². The van der Waals surface area contributed by atoms with E-state index in [2.05, 4.69) is 31.2 Å². The number of anilines is 2. The van der Waals surface area contributed by atoms with Crippen LogP contribution in [-0.4, -0.2) is 29.7 Å². The molecule has 0 aliphatic rings. The lowest BCUT2D eigenvalue weighted by Crippen LogP contribution is -2.09. The summed E-state index contributed by atoms with van der Waals surface area (Å²) in [7, 11) is 1.53. The number of methoxy groups -OCH3 is 1. The molecule has 0 saturated carbocycles. The fourth-order valence-corrected chi connectivity index (χ4v) is 2.69. The highest BCUT2D eigenvalue weighted by Crippen LogP contribution is 2.33. The van der Waals surface area contributed by atoms with E-state index < -0.39 is 5.97 Å². The molecule has 25 heavy (non-hydrogen) atoms. The molecule has 0 aliphatic carbocycles. The Morgan fingerprint density at radius 2 is 1.96 bits per heavy atom. The minimum Gasteiger partial charge on any atom is -0.479 e. The smallest absolute Gasteiger partial charge is 0.341 e. The van der Waals surface area contributed by atoms with Crippen molar-refractivity contribution >= 4 is 44.2 Å². The van der Waals surface area contributed by atoms with Crippen LogP contribution in [0.15, 0.2) is 47.2 Å². The zero-order valence-corrected chi connectivity index (χ0v) is 15.3. The Kier molecular flexibility index (Phi) is 5.14. The third-order valence-corrected chi connectivity index (χ3v) is 4.08. The summed E-state index contributed by atoms with van der Waals surface area (Å²) in [5, 5.41) is 4.01. The van der Waals surface area contributed by atoms with Gasteiger partial charge in [-0.05, 0) is 37.3 Å². The molecule has 0 fully saturated rings. The fourth-order valence-electron chi connectivity index (χ4n) is 2.43. The summed E-state index contributed by atoms with van der Waals surface area (Å²) in [5.74, 6) is -0.0425. The molecule has 6 nitrogen and oxygen atoms in total. The van der Waals surface area contributed by atoms with E-state index in [-0.39, 0.29) is 6.61 Å². The maximum Gasteiger partial charge on any atom is 0.341 e. The lowest BCUT2D eigenvalue weighted by Gasteiger charge is -2.15. The standard InChI is InChI=1S/C18H16BrN3O3/c1-3-25-18(23)14-10-21-16-13(8-9-20-17(16)24-2)15(14)22-12-6-4-11(19)5-7-12/h4-10H,3H2,1-2H3,(H,21,22). The number of benzene rings is 1. The molecule has 0 atom stereocenters. The highest BCUT2D eigenvalue weighted by atomic mass is 79.9. The third-order valence-electron chi connectivity index (χ3n) is 3.55. The van der Waals surface area contributed by atoms with Crippen LogP contribution < -0.4 is 10.1 Å². The Labute approximate surface area is 153 Å². The minimum atomic E-state index is -0.438. The molecule has 3 rings (SSSR count). The zero-order valence-electron chi connectivity index (χ0n) is 13.7. The number of fused-ring (bicyclic) bond motifs is 1. The molecule has 1 N–H and O–H groups in total. The molecule has 0 radical (unpaired) electrons. The van der Waals surface area contributed by atoms with Crippen LogP contribution in [0, 0.1) is 0 Å². The Morgan fingerprint density at radius 3 is 2.64 bits per heavy atom. The van der Waals surface area contributed by atoms with Crippen molar-refractivity contribution in [3.8, 4) is 5.88 Å². The summed E-state index contributed by atoms with van der Waals surface area (Å²) in [6, 6.07) is 9.43. The number of esters is 1. The van der Waals surface area contributed by atoms with E-state index >= 15 is 0 Å². The van der Waals surface area contributed by atoms with E-state index in [0.717, 1.165) is 15.5 Å².